The van der Waals surface area contributed by atoms with Crippen molar-refractivity contribution >= 4 is 11.6 Å². The van der Waals surface area contributed by atoms with Crippen LogP contribution >= 0.6 is 11.6 Å². The Hall–Kier alpha value is -1.59. The highest BCUT2D eigenvalue weighted by molar-refractivity contribution is 6.30. The number of halogens is 1. The van der Waals surface area contributed by atoms with Crippen LogP contribution in [0.5, 0.6) is 5.75 Å². The summed E-state index contributed by atoms with van der Waals surface area (Å²) in [6.45, 7) is 3.33. The van der Waals surface area contributed by atoms with E-state index in [0.717, 1.165) is 40.4 Å². The molecule has 1 aromatic carbocycles. The first kappa shape index (κ1) is 13.4. The second-order valence-corrected chi connectivity index (χ2v) is 5.44. The second kappa shape index (κ2) is 5.42. The van der Waals surface area contributed by atoms with Gasteiger partial charge in [0, 0.05) is 17.0 Å². The maximum absolute atomic E-state index is 6.15. The van der Waals surface area contributed by atoms with Gasteiger partial charge in [0.25, 0.3) is 0 Å². The van der Waals surface area contributed by atoms with E-state index in [2.05, 4.69) is 10.3 Å². The van der Waals surface area contributed by atoms with E-state index >= 15 is 0 Å². The Labute approximate surface area is 122 Å². The van der Waals surface area contributed by atoms with Crippen molar-refractivity contribution in [3.05, 3.63) is 40.2 Å². The SMILES string of the molecule is CCC(N)c1cn(Cc2cc(Cl)cc3c2OCC3)nn1. The molecule has 1 aliphatic rings. The Morgan fingerprint density at radius 2 is 2.35 bits per heavy atom. The van der Waals surface area contributed by atoms with Crippen molar-refractivity contribution in [2.75, 3.05) is 6.61 Å². The molecule has 1 atom stereocenters. The number of rotatable bonds is 4. The van der Waals surface area contributed by atoms with Gasteiger partial charge in [-0.1, -0.05) is 23.7 Å². The molecule has 0 bridgehead atoms. The molecule has 0 amide bonds. The largest absolute Gasteiger partial charge is 0.493 e. The van der Waals surface area contributed by atoms with E-state index in [0.29, 0.717) is 13.2 Å². The molecule has 20 heavy (non-hydrogen) atoms. The van der Waals surface area contributed by atoms with E-state index in [1.54, 1.807) is 4.68 Å². The standard InChI is InChI=1S/C14H17ClN4O/c1-2-12(16)13-8-19(18-17-13)7-10-6-11(15)5-9-3-4-20-14(9)10/h5-6,8,12H,2-4,7,16H2,1H3. The number of aromatic nitrogens is 3. The fourth-order valence-corrected chi connectivity index (χ4v) is 2.67. The molecule has 0 saturated carbocycles. The highest BCUT2D eigenvalue weighted by atomic mass is 35.5. The number of nitrogens with zero attached hydrogens (tertiary/aromatic N) is 3. The fourth-order valence-electron chi connectivity index (χ4n) is 2.41. The number of benzene rings is 1. The average molecular weight is 293 g/mol. The Bertz CT molecular complexity index is 626. The predicted molar refractivity (Wildman–Crippen MR) is 77.0 cm³/mol. The molecule has 1 aliphatic heterocycles. The summed E-state index contributed by atoms with van der Waals surface area (Å²) in [6, 6.07) is 3.82. The predicted octanol–water partition coefficient (Wildman–Crippen LogP) is 2.32. The molecule has 5 nitrogen and oxygen atoms in total. The smallest absolute Gasteiger partial charge is 0.127 e. The first-order chi connectivity index (χ1) is 9.67. The number of hydrogen-bond donors (Lipinski definition) is 1. The van der Waals surface area contributed by atoms with Crippen LogP contribution in [0.25, 0.3) is 0 Å². The summed E-state index contributed by atoms with van der Waals surface area (Å²) in [7, 11) is 0. The second-order valence-electron chi connectivity index (χ2n) is 5.01. The number of fused-ring (bicyclic) bond motifs is 1. The highest BCUT2D eigenvalue weighted by Gasteiger charge is 2.18. The van der Waals surface area contributed by atoms with Gasteiger partial charge in [0.1, 0.15) is 5.75 Å². The minimum absolute atomic E-state index is 0.0647. The molecule has 106 valence electrons. The summed E-state index contributed by atoms with van der Waals surface area (Å²) in [5.41, 5.74) is 8.96. The molecule has 2 aromatic rings. The molecular weight excluding hydrogens is 276 g/mol. The molecule has 0 aliphatic carbocycles. The van der Waals surface area contributed by atoms with Crippen LogP contribution in [0.4, 0.5) is 0 Å². The van der Waals surface area contributed by atoms with Crippen LogP contribution in [0.3, 0.4) is 0 Å². The van der Waals surface area contributed by atoms with E-state index in [-0.39, 0.29) is 6.04 Å². The van der Waals surface area contributed by atoms with Crippen molar-refractivity contribution in [3.63, 3.8) is 0 Å². The molecule has 0 fully saturated rings. The molecule has 1 unspecified atom stereocenters. The Morgan fingerprint density at radius 3 is 3.15 bits per heavy atom. The maximum atomic E-state index is 6.15. The van der Waals surface area contributed by atoms with Crippen LogP contribution < -0.4 is 10.5 Å². The molecule has 0 radical (unpaired) electrons. The summed E-state index contributed by atoms with van der Waals surface area (Å²) in [6.07, 6.45) is 3.64. The zero-order valence-corrected chi connectivity index (χ0v) is 12.1. The molecule has 3 rings (SSSR count). The van der Waals surface area contributed by atoms with Crippen LogP contribution in [0.2, 0.25) is 5.02 Å². The van der Waals surface area contributed by atoms with Gasteiger partial charge < -0.3 is 10.5 Å². The van der Waals surface area contributed by atoms with Gasteiger partial charge in [-0.05, 0) is 24.1 Å². The number of ether oxygens (including phenoxy) is 1. The lowest BCUT2D eigenvalue weighted by Gasteiger charge is -2.08. The molecule has 0 saturated heterocycles. The van der Waals surface area contributed by atoms with Crippen molar-refractivity contribution in [2.24, 2.45) is 5.73 Å². The van der Waals surface area contributed by atoms with Gasteiger partial charge in [-0.15, -0.1) is 5.10 Å². The van der Waals surface area contributed by atoms with Crippen molar-refractivity contribution in [3.8, 4) is 5.75 Å². The van der Waals surface area contributed by atoms with E-state index < -0.39 is 0 Å². The van der Waals surface area contributed by atoms with Crippen LogP contribution in [-0.2, 0) is 13.0 Å². The minimum Gasteiger partial charge on any atom is -0.493 e. The first-order valence-corrected chi connectivity index (χ1v) is 7.15. The molecule has 0 spiro atoms. The van der Waals surface area contributed by atoms with Gasteiger partial charge in [0.05, 0.1) is 31.1 Å². The normalized spacial score (nSPS) is 14.9. The van der Waals surface area contributed by atoms with Crippen LogP contribution in [0.1, 0.15) is 36.2 Å². The quantitative estimate of drug-likeness (QED) is 0.939. The van der Waals surface area contributed by atoms with Crippen molar-refractivity contribution in [1.29, 1.82) is 0 Å². The summed E-state index contributed by atoms with van der Waals surface area (Å²) >= 11 is 6.15. The summed E-state index contributed by atoms with van der Waals surface area (Å²) in [5, 5.41) is 8.97. The van der Waals surface area contributed by atoms with E-state index in [9.17, 15) is 0 Å². The third kappa shape index (κ3) is 2.51. The van der Waals surface area contributed by atoms with Crippen molar-refractivity contribution in [1.82, 2.24) is 15.0 Å². The Balaban J connectivity index is 1.86. The molecule has 6 heteroatoms. The summed E-state index contributed by atoms with van der Waals surface area (Å²) in [4.78, 5) is 0. The van der Waals surface area contributed by atoms with Crippen molar-refractivity contribution < 1.29 is 4.74 Å². The van der Waals surface area contributed by atoms with Gasteiger partial charge in [-0.3, -0.25) is 0 Å². The van der Waals surface area contributed by atoms with Crippen molar-refractivity contribution in [2.45, 2.75) is 32.4 Å². The molecular formula is C14H17ClN4O. The molecule has 2 N–H and O–H groups in total. The summed E-state index contributed by atoms with van der Waals surface area (Å²) in [5.74, 6) is 0.936. The Morgan fingerprint density at radius 1 is 1.50 bits per heavy atom. The van der Waals surface area contributed by atoms with Crippen LogP contribution in [-0.4, -0.2) is 21.6 Å². The third-order valence-corrected chi connectivity index (χ3v) is 3.75. The molecule has 1 aromatic heterocycles. The first-order valence-electron chi connectivity index (χ1n) is 6.77. The lowest BCUT2D eigenvalue weighted by atomic mass is 10.1. The van der Waals surface area contributed by atoms with Gasteiger partial charge in [0.2, 0.25) is 0 Å². The van der Waals surface area contributed by atoms with Crippen LogP contribution in [0, 0.1) is 0 Å². The maximum Gasteiger partial charge on any atom is 0.127 e. The molecule has 2 heterocycles. The van der Waals surface area contributed by atoms with Gasteiger partial charge in [0.15, 0.2) is 0 Å². The monoisotopic (exact) mass is 292 g/mol. The van der Waals surface area contributed by atoms with E-state index in [4.69, 9.17) is 22.1 Å². The van der Waals surface area contributed by atoms with E-state index in [1.165, 1.54) is 0 Å². The van der Waals surface area contributed by atoms with Gasteiger partial charge >= 0.3 is 0 Å². The van der Waals surface area contributed by atoms with Gasteiger partial charge in [-0.25, -0.2) is 4.68 Å². The minimum atomic E-state index is -0.0647. The lowest BCUT2D eigenvalue weighted by Crippen LogP contribution is -2.08. The summed E-state index contributed by atoms with van der Waals surface area (Å²) < 4.78 is 7.46. The third-order valence-electron chi connectivity index (χ3n) is 3.53. The number of nitrogens with two attached hydrogens (primary N) is 1. The highest BCUT2D eigenvalue weighted by Crippen LogP contribution is 2.33. The topological polar surface area (TPSA) is 66.0 Å². The van der Waals surface area contributed by atoms with Gasteiger partial charge in [-0.2, -0.15) is 0 Å². The fraction of sp³-hybridized carbons (Fsp3) is 0.429. The van der Waals surface area contributed by atoms with E-state index in [1.807, 2.05) is 25.3 Å². The average Bonchev–Trinajstić information content (AvgIpc) is 3.06. The number of hydrogen-bond acceptors (Lipinski definition) is 4. The zero-order valence-electron chi connectivity index (χ0n) is 11.3. The zero-order chi connectivity index (χ0) is 14.1. The van der Waals surface area contributed by atoms with Crippen LogP contribution in [0.15, 0.2) is 18.3 Å². The lowest BCUT2D eigenvalue weighted by molar-refractivity contribution is 0.352. The Kier molecular flexibility index (Phi) is 3.63.